The maximum absolute atomic E-state index is 12.0. The summed E-state index contributed by atoms with van der Waals surface area (Å²) < 4.78 is 1.89. The molecule has 3 rings (SSSR count). The Labute approximate surface area is 145 Å². The number of nitrogens with zero attached hydrogens (tertiary/aromatic N) is 2. The first-order valence-corrected chi connectivity index (χ1v) is 8.15. The van der Waals surface area contributed by atoms with Crippen molar-refractivity contribution in [3.8, 4) is 0 Å². The highest BCUT2D eigenvalue weighted by atomic mass is 16.2. The number of rotatable bonds is 5. The zero-order valence-electron chi connectivity index (χ0n) is 14.2. The molecule has 0 saturated carbocycles. The number of amides is 2. The summed E-state index contributed by atoms with van der Waals surface area (Å²) in [6.45, 7) is 4.03. The summed E-state index contributed by atoms with van der Waals surface area (Å²) in [4.78, 5) is 24.0. The van der Waals surface area contributed by atoms with Crippen molar-refractivity contribution in [3.63, 3.8) is 0 Å². The Morgan fingerprint density at radius 1 is 1.12 bits per heavy atom. The molecule has 0 saturated heterocycles. The van der Waals surface area contributed by atoms with Gasteiger partial charge in [0.25, 0.3) is 5.91 Å². The Morgan fingerprint density at radius 2 is 1.88 bits per heavy atom. The van der Waals surface area contributed by atoms with E-state index in [-0.39, 0.29) is 24.4 Å². The average Bonchev–Trinajstić information content (AvgIpc) is 3.04. The largest absolute Gasteiger partial charge is 0.343 e. The minimum absolute atomic E-state index is 0.0911. The van der Waals surface area contributed by atoms with Crippen molar-refractivity contribution in [1.82, 2.24) is 15.1 Å². The van der Waals surface area contributed by atoms with Gasteiger partial charge in [-0.3, -0.25) is 14.3 Å². The molecule has 0 radical (unpaired) electrons. The van der Waals surface area contributed by atoms with Crippen molar-refractivity contribution < 1.29 is 9.59 Å². The molecular formula is C19H20N4O2. The maximum Gasteiger partial charge on any atom is 0.251 e. The molecule has 0 unspecified atom stereocenters. The highest BCUT2D eigenvalue weighted by molar-refractivity contribution is 6.00. The highest BCUT2D eigenvalue weighted by Gasteiger charge is 2.09. The third-order valence-corrected chi connectivity index (χ3v) is 3.78. The molecule has 1 heterocycles. The van der Waals surface area contributed by atoms with Crippen LogP contribution in [0.15, 0.2) is 54.7 Å². The van der Waals surface area contributed by atoms with Crippen LogP contribution in [0.3, 0.4) is 0 Å². The first kappa shape index (κ1) is 16.7. The summed E-state index contributed by atoms with van der Waals surface area (Å²) in [6.07, 6.45) is 1.98. The Balaban J connectivity index is 1.61. The van der Waals surface area contributed by atoms with Gasteiger partial charge >= 0.3 is 0 Å². The lowest BCUT2D eigenvalue weighted by Gasteiger charge is -2.07. The normalized spacial score (nSPS) is 10.8. The van der Waals surface area contributed by atoms with Crippen LogP contribution in [0.4, 0.5) is 5.69 Å². The van der Waals surface area contributed by atoms with Crippen LogP contribution in [-0.4, -0.2) is 28.1 Å². The van der Waals surface area contributed by atoms with E-state index in [0.29, 0.717) is 11.3 Å². The Hall–Kier alpha value is -3.15. The quantitative estimate of drug-likeness (QED) is 0.752. The summed E-state index contributed by atoms with van der Waals surface area (Å²) in [5, 5.41) is 10.9. The van der Waals surface area contributed by atoms with Gasteiger partial charge in [0, 0.05) is 28.9 Å². The van der Waals surface area contributed by atoms with E-state index >= 15 is 0 Å². The Morgan fingerprint density at radius 3 is 2.60 bits per heavy atom. The maximum atomic E-state index is 12.0. The van der Waals surface area contributed by atoms with E-state index in [0.717, 1.165) is 10.9 Å². The second-order valence-corrected chi connectivity index (χ2v) is 6.07. The number of carbonyl (C=O) groups is 2. The summed E-state index contributed by atoms with van der Waals surface area (Å²) in [7, 11) is 0. The molecule has 6 heteroatoms. The molecule has 0 fully saturated rings. The van der Waals surface area contributed by atoms with E-state index in [9.17, 15) is 9.59 Å². The van der Waals surface area contributed by atoms with Crippen LogP contribution in [0.2, 0.25) is 0 Å². The van der Waals surface area contributed by atoms with Gasteiger partial charge < -0.3 is 10.6 Å². The third-order valence-electron chi connectivity index (χ3n) is 3.78. The molecule has 0 aliphatic carbocycles. The van der Waals surface area contributed by atoms with Crippen LogP contribution in [0.5, 0.6) is 0 Å². The summed E-state index contributed by atoms with van der Waals surface area (Å²) >= 11 is 0. The van der Waals surface area contributed by atoms with E-state index in [1.54, 1.807) is 24.3 Å². The minimum atomic E-state index is -0.285. The zero-order valence-corrected chi connectivity index (χ0v) is 14.2. The number of fused-ring (bicyclic) bond motifs is 1. The fourth-order valence-corrected chi connectivity index (χ4v) is 2.43. The fourth-order valence-electron chi connectivity index (χ4n) is 2.43. The number of aromatic nitrogens is 2. The topological polar surface area (TPSA) is 76.0 Å². The second kappa shape index (κ2) is 7.17. The van der Waals surface area contributed by atoms with E-state index in [2.05, 4.69) is 29.6 Å². The number of hydrogen-bond donors (Lipinski definition) is 2. The van der Waals surface area contributed by atoms with Crippen LogP contribution >= 0.6 is 0 Å². The van der Waals surface area contributed by atoms with E-state index in [1.807, 2.05) is 35.1 Å². The monoisotopic (exact) mass is 336 g/mol. The molecule has 0 spiro atoms. The van der Waals surface area contributed by atoms with Gasteiger partial charge in [0.2, 0.25) is 5.91 Å². The van der Waals surface area contributed by atoms with Crippen molar-refractivity contribution in [3.05, 3.63) is 60.3 Å². The van der Waals surface area contributed by atoms with Gasteiger partial charge in [-0.15, -0.1) is 0 Å². The van der Waals surface area contributed by atoms with Gasteiger partial charge in [-0.1, -0.05) is 18.2 Å². The lowest BCUT2D eigenvalue weighted by Crippen LogP contribution is -2.32. The van der Waals surface area contributed by atoms with Crippen molar-refractivity contribution in [1.29, 1.82) is 0 Å². The minimum Gasteiger partial charge on any atom is -0.343 e. The van der Waals surface area contributed by atoms with E-state index < -0.39 is 0 Å². The third kappa shape index (κ3) is 4.03. The van der Waals surface area contributed by atoms with Crippen molar-refractivity contribution in [2.75, 3.05) is 11.9 Å². The molecule has 0 atom stereocenters. The zero-order chi connectivity index (χ0) is 17.8. The van der Waals surface area contributed by atoms with Gasteiger partial charge in [0.15, 0.2) is 0 Å². The van der Waals surface area contributed by atoms with Gasteiger partial charge in [-0.25, -0.2) is 0 Å². The smallest absolute Gasteiger partial charge is 0.251 e. The Bertz CT molecular complexity index is 900. The molecule has 25 heavy (non-hydrogen) atoms. The van der Waals surface area contributed by atoms with Crippen LogP contribution in [0.1, 0.15) is 30.2 Å². The van der Waals surface area contributed by atoms with Crippen molar-refractivity contribution in [2.24, 2.45) is 0 Å². The molecule has 2 N–H and O–H groups in total. The molecule has 128 valence electrons. The number of carbonyl (C=O) groups excluding carboxylic acids is 2. The predicted molar refractivity (Wildman–Crippen MR) is 97.5 cm³/mol. The summed E-state index contributed by atoms with van der Waals surface area (Å²) in [5.74, 6) is -0.561. The lowest BCUT2D eigenvalue weighted by atomic mass is 10.2. The van der Waals surface area contributed by atoms with Crippen LogP contribution < -0.4 is 10.6 Å². The molecule has 2 amide bonds. The molecule has 0 bridgehead atoms. The van der Waals surface area contributed by atoms with Crippen molar-refractivity contribution >= 4 is 28.4 Å². The Kier molecular flexibility index (Phi) is 4.79. The lowest BCUT2D eigenvalue weighted by molar-refractivity contribution is -0.115. The van der Waals surface area contributed by atoms with E-state index in [4.69, 9.17) is 0 Å². The first-order chi connectivity index (χ1) is 12.0. The molecule has 6 nitrogen and oxygen atoms in total. The van der Waals surface area contributed by atoms with Crippen LogP contribution in [0, 0.1) is 0 Å². The van der Waals surface area contributed by atoms with Gasteiger partial charge in [0.05, 0.1) is 12.1 Å². The first-order valence-electron chi connectivity index (χ1n) is 8.15. The SMILES string of the molecule is CC(C)n1cc2ccc(NC(=O)CNC(=O)c3ccccc3)cc2n1. The molecule has 0 aliphatic heterocycles. The molecule has 1 aromatic heterocycles. The summed E-state index contributed by atoms with van der Waals surface area (Å²) in [5.41, 5.74) is 2.00. The standard InChI is InChI=1S/C19H20N4O2/c1-13(2)23-12-15-8-9-16(10-17(15)22-23)21-18(24)11-20-19(25)14-6-4-3-5-7-14/h3-10,12-13H,11H2,1-2H3,(H,20,25)(H,21,24). The number of benzene rings is 2. The van der Waals surface area contributed by atoms with Crippen molar-refractivity contribution in [2.45, 2.75) is 19.9 Å². The molecular weight excluding hydrogens is 316 g/mol. The number of nitrogens with one attached hydrogen (secondary N) is 2. The van der Waals surface area contributed by atoms with Crippen LogP contribution in [-0.2, 0) is 4.79 Å². The van der Waals surface area contributed by atoms with E-state index in [1.165, 1.54) is 0 Å². The van der Waals surface area contributed by atoms with Gasteiger partial charge in [-0.2, -0.15) is 5.10 Å². The molecule has 3 aromatic rings. The second-order valence-electron chi connectivity index (χ2n) is 6.07. The number of anilines is 1. The average molecular weight is 336 g/mol. The van der Waals surface area contributed by atoms with Gasteiger partial charge in [0.1, 0.15) is 0 Å². The van der Waals surface area contributed by atoms with Gasteiger partial charge in [-0.05, 0) is 44.2 Å². The molecule has 2 aromatic carbocycles. The fraction of sp³-hybridized carbons (Fsp3) is 0.211. The molecule has 0 aliphatic rings. The predicted octanol–water partition coefficient (Wildman–Crippen LogP) is 2.99. The number of hydrogen-bond acceptors (Lipinski definition) is 3. The summed E-state index contributed by atoms with van der Waals surface area (Å²) in [6, 6.07) is 14.6. The van der Waals surface area contributed by atoms with Crippen LogP contribution in [0.25, 0.3) is 10.9 Å². The highest BCUT2D eigenvalue weighted by Crippen LogP contribution is 2.19.